The van der Waals surface area contributed by atoms with Gasteiger partial charge in [0.05, 0.1) is 0 Å². The molecule has 0 N–H and O–H groups in total. The molecule has 70 valence electrons. The van der Waals surface area contributed by atoms with Crippen molar-refractivity contribution >= 4 is 18.2 Å². The summed E-state index contributed by atoms with van der Waals surface area (Å²) in [4.78, 5) is 11.1. The molecule has 1 spiro atoms. The fourth-order valence-electron chi connectivity index (χ4n) is 2.73. The summed E-state index contributed by atoms with van der Waals surface area (Å²) in [7, 11) is 0. The van der Waals surface area contributed by atoms with Gasteiger partial charge in [-0.2, -0.15) is 0 Å². The summed E-state index contributed by atoms with van der Waals surface area (Å²) < 4.78 is 0. The first-order valence-corrected chi connectivity index (χ1v) is 4.83. The van der Waals surface area contributed by atoms with Crippen LogP contribution in [-0.2, 0) is 4.79 Å². The molecule has 0 unspecified atom stereocenters. The average molecular weight is 189 g/mol. The molecule has 12 heavy (non-hydrogen) atoms. The molecule has 2 aliphatic rings. The van der Waals surface area contributed by atoms with Crippen molar-refractivity contribution in [2.45, 2.75) is 51.4 Å². The van der Waals surface area contributed by atoms with Gasteiger partial charge in [-0.1, -0.05) is 19.3 Å². The Labute approximate surface area is 80.3 Å². The normalized spacial score (nSPS) is 27.2. The Morgan fingerprint density at radius 2 is 1.67 bits per heavy atom. The molecule has 0 heterocycles. The van der Waals surface area contributed by atoms with Crippen molar-refractivity contribution in [2.75, 3.05) is 0 Å². The molecule has 0 aromatic heterocycles. The van der Waals surface area contributed by atoms with E-state index in [4.69, 9.17) is 0 Å². The average Bonchev–Trinajstić information content (AvgIpc) is 2.34. The first kappa shape index (κ1) is 10.0. The van der Waals surface area contributed by atoms with Crippen LogP contribution in [0.1, 0.15) is 51.4 Å². The maximum atomic E-state index is 11.1. The van der Waals surface area contributed by atoms with Crippen LogP contribution in [0.25, 0.3) is 0 Å². The number of halogens is 1. The van der Waals surface area contributed by atoms with E-state index < -0.39 is 0 Å². The van der Waals surface area contributed by atoms with Gasteiger partial charge in [0.15, 0.2) is 0 Å². The second kappa shape index (κ2) is 3.78. The topological polar surface area (TPSA) is 17.1 Å². The predicted molar refractivity (Wildman–Crippen MR) is 51.6 cm³/mol. The summed E-state index contributed by atoms with van der Waals surface area (Å²) in [6.07, 6.45) is 9.78. The SMILES string of the molecule is Cl.O=C1CCC2(CCCCC2)C1. The molecule has 0 aromatic rings. The zero-order valence-electron chi connectivity index (χ0n) is 7.47. The standard InChI is InChI=1S/C10H16O.ClH/c11-9-4-7-10(8-9)5-2-1-3-6-10;/h1-8H2;1H. The van der Waals surface area contributed by atoms with Gasteiger partial charge < -0.3 is 0 Å². The molecular formula is C10H17ClO. The summed E-state index contributed by atoms with van der Waals surface area (Å²) in [6.45, 7) is 0. The Bertz CT molecular complexity index is 171. The summed E-state index contributed by atoms with van der Waals surface area (Å²) in [6, 6.07) is 0. The van der Waals surface area contributed by atoms with Gasteiger partial charge in [0, 0.05) is 12.8 Å². The van der Waals surface area contributed by atoms with E-state index >= 15 is 0 Å². The Kier molecular flexibility index (Phi) is 3.16. The quantitative estimate of drug-likeness (QED) is 0.571. The van der Waals surface area contributed by atoms with E-state index in [2.05, 4.69) is 0 Å². The highest BCUT2D eigenvalue weighted by atomic mass is 35.5. The number of hydrogen-bond acceptors (Lipinski definition) is 1. The molecule has 0 aromatic carbocycles. The van der Waals surface area contributed by atoms with Crippen LogP contribution >= 0.6 is 12.4 Å². The van der Waals surface area contributed by atoms with Crippen LogP contribution < -0.4 is 0 Å². The van der Waals surface area contributed by atoms with Gasteiger partial charge in [-0.3, -0.25) is 4.79 Å². The van der Waals surface area contributed by atoms with Crippen LogP contribution in [0.3, 0.4) is 0 Å². The molecule has 0 atom stereocenters. The van der Waals surface area contributed by atoms with Crippen LogP contribution in [-0.4, -0.2) is 5.78 Å². The summed E-state index contributed by atoms with van der Waals surface area (Å²) >= 11 is 0. The third kappa shape index (κ3) is 1.82. The van der Waals surface area contributed by atoms with E-state index in [-0.39, 0.29) is 12.4 Å². The zero-order chi connectivity index (χ0) is 7.73. The molecule has 2 aliphatic carbocycles. The van der Waals surface area contributed by atoms with Gasteiger partial charge in [-0.25, -0.2) is 0 Å². The van der Waals surface area contributed by atoms with Gasteiger partial charge in [0.25, 0.3) is 0 Å². The molecule has 2 saturated carbocycles. The minimum atomic E-state index is 0. The van der Waals surface area contributed by atoms with Crippen molar-refractivity contribution in [3.8, 4) is 0 Å². The largest absolute Gasteiger partial charge is 0.300 e. The maximum Gasteiger partial charge on any atom is 0.133 e. The number of carbonyl (C=O) groups is 1. The number of rotatable bonds is 0. The van der Waals surface area contributed by atoms with Crippen molar-refractivity contribution in [3.63, 3.8) is 0 Å². The summed E-state index contributed by atoms with van der Waals surface area (Å²) in [5.41, 5.74) is 0.495. The minimum absolute atomic E-state index is 0. The monoisotopic (exact) mass is 188 g/mol. The first-order chi connectivity index (χ1) is 5.31. The molecule has 0 amide bonds. The number of carbonyl (C=O) groups excluding carboxylic acids is 1. The number of hydrogen-bond donors (Lipinski definition) is 0. The predicted octanol–water partition coefficient (Wildman–Crippen LogP) is 3.11. The van der Waals surface area contributed by atoms with Crippen LogP contribution in [0.15, 0.2) is 0 Å². The lowest BCUT2D eigenvalue weighted by molar-refractivity contribution is -0.118. The Hall–Kier alpha value is -0.0400. The van der Waals surface area contributed by atoms with Gasteiger partial charge in [-0.15, -0.1) is 12.4 Å². The van der Waals surface area contributed by atoms with Crippen molar-refractivity contribution in [2.24, 2.45) is 5.41 Å². The second-order valence-electron chi connectivity index (χ2n) is 4.28. The van der Waals surface area contributed by atoms with Gasteiger partial charge in [0.2, 0.25) is 0 Å². The Morgan fingerprint density at radius 3 is 2.17 bits per heavy atom. The molecule has 0 radical (unpaired) electrons. The van der Waals surface area contributed by atoms with E-state index in [1.165, 1.54) is 38.5 Å². The third-order valence-electron chi connectivity index (χ3n) is 3.42. The number of Topliss-reactive ketones (excluding diaryl/α,β-unsaturated/α-hetero) is 1. The van der Waals surface area contributed by atoms with E-state index in [9.17, 15) is 4.79 Å². The fourth-order valence-corrected chi connectivity index (χ4v) is 2.73. The van der Waals surface area contributed by atoms with Gasteiger partial charge in [0.1, 0.15) is 5.78 Å². The molecule has 2 rings (SSSR count). The van der Waals surface area contributed by atoms with E-state index in [1.807, 2.05) is 0 Å². The fraction of sp³-hybridized carbons (Fsp3) is 0.900. The number of ketones is 1. The highest BCUT2D eigenvalue weighted by Gasteiger charge is 2.38. The van der Waals surface area contributed by atoms with Crippen molar-refractivity contribution in [3.05, 3.63) is 0 Å². The molecule has 0 bridgehead atoms. The van der Waals surface area contributed by atoms with Gasteiger partial charge >= 0.3 is 0 Å². The lowest BCUT2D eigenvalue weighted by Crippen LogP contribution is -2.20. The highest BCUT2D eigenvalue weighted by Crippen LogP contribution is 2.47. The molecule has 0 saturated heterocycles. The van der Waals surface area contributed by atoms with E-state index in [1.54, 1.807) is 0 Å². The van der Waals surface area contributed by atoms with Crippen molar-refractivity contribution in [1.29, 1.82) is 0 Å². The van der Waals surface area contributed by atoms with Crippen LogP contribution in [0.2, 0.25) is 0 Å². The molecule has 2 fully saturated rings. The Balaban J connectivity index is 0.000000720. The molecule has 1 nitrogen and oxygen atoms in total. The van der Waals surface area contributed by atoms with Crippen LogP contribution in [0.4, 0.5) is 0 Å². The third-order valence-corrected chi connectivity index (χ3v) is 3.42. The molecule has 0 aliphatic heterocycles. The first-order valence-electron chi connectivity index (χ1n) is 4.83. The van der Waals surface area contributed by atoms with Crippen molar-refractivity contribution in [1.82, 2.24) is 0 Å². The van der Waals surface area contributed by atoms with Crippen LogP contribution in [0.5, 0.6) is 0 Å². The van der Waals surface area contributed by atoms with E-state index in [0.717, 1.165) is 12.8 Å². The highest BCUT2D eigenvalue weighted by molar-refractivity contribution is 5.85. The lowest BCUT2D eigenvalue weighted by atomic mass is 9.73. The lowest BCUT2D eigenvalue weighted by Gasteiger charge is -2.32. The van der Waals surface area contributed by atoms with E-state index in [0.29, 0.717) is 11.2 Å². The van der Waals surface area contributed by atoms with Gasteiger partial charge in [-0.05, 0) is 24.7 Å². The Morgan fingerprint density at radius 1 is 1.00 bits per heavy atom. The van der Waals surface area contributed by atoms with Crippen LogP contribution in [0, 0.1) is 5.41 Å². The van der Waals surface area contributed by atoms with Crippen molar-refractivity contribution < 1.29 is 4.79 Å². The molecule has 2 heteroatoms. The second-order valence-corrected chi connectivity index (χ2v) is 4.28. The zero-order valence-corrected chi connectivity index (χ0v) is 8.29. The smallest absolute Gasteiger partial charge is 0.133 e. The maximum absolute atomic E-state index is 11.1. The summed E-state index contributed by atoms with van der Waals surface area (Å²) in [5, 5.41) is 0. The summed E-state index contributed by atoms with van der Waals surface area (Å²) in [5.74, 6) is 0.520. The molecular weight excluding hydrogens is 172 g/mol. The minimum Gasteiger partial charge on any atom is -0.300 e.